The second-order valence-electron chi connectivity index (χ2n) is 8.82. The summed E-state index contributed by atoms with van der Waals surface area (Å²) in [5, 5.41) is 4.46. The summed E-state index contributed by atoms with van der Waals surface area (Å²) in [6, 6.07) is 37.5. The van der Waals surface area contributed by atoms with Crippen LogP contribution in [0.2, 0.25) is 0 Å². The normalized spacial score (nSPS) is 11.3. The zero-order valence-electron chi connectivity index (χ0n) is 19.3. The lowest BCUT2D eigenvalue weighted by Gasteiger charge is -2.09. The first-order chi connectivity index (χ1) is 17.8. The fourth-order valence-electron chi connectivity index (χ4n) is 4.69. The van der Waals surface area contributed by atoms with E-state index in [1.165, 1.54) is 0 Å². The van der Waals surface area contributed by atoms with Crippen LogP contribution in [0.25, 0.3) is 66.5 Å². The van der Waals surface area contributed by atoms with Crippen molar-refractivity contribution in [3.05, 3.63) is 122 Å². The lowest BCUT2D eigenvalue weighted by molar-refractivity contribution is 1.18. The molecule has 0 N–H and O–H groups in total. The molecule has 7 rings (SSSR count). The number of hydrogen-bond acceptors (Lipinski definition) is 4. The Morgan fingerprint density at radius 2 is 0.917 bits per heavy atom. The number of rotatable bonds is 3. The Hall–Kier alpha value is -4.96. The van der Waals surface area contributed by atoms with Gasteiger partial charge in [-0.1, -0.05) is 78.9 Å². The van der Waals surface area contributed by atoms with Crippen LogP contribution in [0.5, 0.6) is 0 Å². The van der Waals surface area contributed by atoms with Gasteiger partial charge in [0.15, 0.2) is 5.82 Å². The van der Waals surface area contributed by atoms with E-state index in [9.17, 15) is 0 Å². The van der Waals surface area contributed by atoms with Crippen LogP contribution in [-0.2, 0) is 0 Å². The van der Waals surface area contributed by atoms with Crippen LogP contribution in [0, 0.1) is 0 Å². The molecule has 4 aromatic carbocycles. The van der Waals surface area contributed by atoms with E-state index in [-0.39, 0.29) is 0 Å². The number of aromatic nitrogens is 4. The van der Waals surface area contributed by atoms with E-state index in [0.717, 1.165) is 66.5 Å². The topological polar surface area (TPSA) is 51.6 Å². The van der Waals surface area contributed by atoms with Gasteiger partial charge < -0.3 is 0 Å². The summed E-state index contributed by atoms with van der Waals surface area (Å²) in [5.74, 6) is 0.730. The number of hydrogen-bond donors (Lipinski definition) is 0. The Kier molecular flexibility index (Phi) is 4.74. The maximum absolute atomic E-state index is 5.10. The monoisotopic (exact) mass is 460 g/mol. The lowest BCUT2D eigenvalue weighted by atomic mass is 10.0. The van der Waals surface area contributed by atoms with Crippen molar-refractivity contribution >= 4 is 32.6 Å². The highest BCUT2D eigenvalue weighted by atomic mass is 14.8. The quantitative estimate of drug-likeness (QED) is 0.253. The average molecular weight is 461 g/mol. The molecular weight excluding hydrogens is 440 g/mol. The molecule has 0 aliphatic carbocycles. The molecule has 0 saturated heterocycles. The average Bonchev–Trinajstić information content (AvgIpc) is 2.97. The van der Waals surface area contributed by atoms with E-state index in [1.54, 1.807) is 12.4 Å². The molecule has 0 bridgehead atoms. The molecule has 7 aromatic rings. The zero-order valence-corrected chi connectivity index (χ0v) is 19.3. The minimum absolute atomic E-state index is 0.730. The van der Waals surface area contributed by atoms with Gasteiger partial charge in [-0.05, 0) is 41.1 Å². The molecule has 3 heterocycles. The third kappa shape index (κ3) is 3.56. The van der Waals surface area contributed by atoms with Crippen molar-refractivity contribution in [1.82, 2.24) is 19.9 Å². The van der Waals surface area contributed by atoms with Gasteiger partial charge in [0.25, 0.3) is 0 Å². The van der Waals surface area contributed by atoms with Gasteiger partial charge in [0.1, 0.15) is 0 Å². The number of fused-ring (bicyclic) bond motifs is 4. The number of benzene rings is 4. The van der Waals surface area contributed by atoms with E-state index in [4.69, 9.17) is 9.97 Å². The molecule has 0 unspecified atom stereocenters. The first kappa shape index (κ1) is 20.4. The van der Waals surface area contributed by atoms with Crippen molar-refractivity contribution < 1.29 is 0 Å². The Bertz CT molecular complexity index is 1880. The molecule has 0 radical (unpaired) electrons. The number of nitrogens with zero attached hydrogens (tertiary/aromatic N) is 4. The molecule has 4 heteroatoms. The Balaban J connectivity index is 1.34. The molecule has 168 valence electrons. The largest absolute Gasteiger partial charge is 0.245 e. The summed E-state index contributed by atoms with van der Waals surface area (Å²) in [4.78, 5) is 18.9. The molecule has 0 fully saturated rings. The van der Waals surface area contributed by atoms with E-state index < -0.39 is 0 Å². The standard InChI is InChI=1S/C32H20N4/c1-2-5-21(6-3-1)28-15-13-22-7-8-23-14-16-29(36-31(23)30(22)35-28)26-11-9-25-20-27(12-10-24(25)19-26)32-33-17-4-18-34-32/h1-20H. The Morgan fingerprint density at radius 1 is 0.389 bits per heavy atom. The van der Waals surface area contributed by atoms with Gasteiger partial charge in [-0.25, -0.2) is 19.9 Å². The lowest BCUT2D eigenvalue weighted by Crippen LogP contribution is -1.91. The van der Waals surface area contributed by atoms with Crippen molar-refractivity contribution in [1.29, 1.82) is 0 Å². The summed E-state index contributed by atoms with van der Waals surface area (Å²) >= 11 is 0. The first-order valence-corrected chi connectivity index (χ1v) is 11.9. The Morgan fingerprint density at radius 3 is 1.58 bits per heavy atom. The molecule has 4 nitrogen and oxygen atoms in total. The summed E-state index contributed by atoms with van der Waals surface area (Å²) in [5.41, 5.74) is 6.90. The van der Waals surface area contributed by atoms with Crippen molar-refractivity contribution in [2.75, 3.05) is 0 Å². The highest BCUT2D eigenvalue weighted by molar-refractivity contribution is 6.04. The van der Waals surface area contributed by atoms with E-state index in [0.29, 0.717) is 0 Å². The van der Waals surface area contributed by atoms with Gasteiger partial charge in [-0.2, -0.15) is 0 Å². The predicted octanol–water partition coefficient (Wildman–Crippen LogP) is 7.73. The highest BCUT2D eigenvalue weighted by Crippen LogP contribution is 2.30. The van der Waals surface area contributed by atoms with Crippen LogP contribution in [0.15, 0.2) is 122 Å². The van der Waals surface area contributed by atoms with Crippen LogP contribution >= 0.6 is 0 Å². The third-order valence-electron chi connectivity index (χ3n) is 6.55. The fraction of sp³-hybridized carbons (Fsp3) is 0. The predicted molar refractivity (Wildman–Crippen MR) is 146 cm³/mol. The minimum Gasteiger partial charge on any atom is -0.245 e. The molecule has 0 spiro atoms. The van der Waals surface area contributed by atoms with Crippen molar-refractivity contribution in [2.24, 2.45) is 0 Å². The smallest absolute Gasteiger partial charge is 0.159 e. The molecule has 3 aromatic heterocycles. The highest BCUT2D eigenvalue weighted by Gasteiger charge is 2.10. The summed E-state index contributed by atoms with van der Waals surface area (Å²) in [6.07, 6.45) is 3.53. The van der Waals surface area contributed by atoms with E-state index >= 15 is 0 Å². The molecule has 0 saturated carbocycles. The number of pyridine rings is 2. The minimum atomic E-state index is 0.730. The summed E-state index contributed by atoms with van der Waals surface area (Å²) in [6.45, 7) is 0. The van der Waals surface area contributed by atoms with Gasteiger partial charge in [0.05, 0.1) is 22.4 Å². The Labute approximate surface area is 208 Å². The molecule has 0 amide bonds. The second kappa shape index (κ2) is 8.36. The molecule has 0 aliphatic heterocycles. The van der Waals surface area contributed by atoms with Crippen LogP contribution < -0.4 is 0 Å². The van der Waals surface area contributed by atoms with Gasteiger partial charge in [0.2, 0.25) is 0 Å². The first-order valence-electron chi connectivity index (χ1n) is 11.9. The fourth-order valence-corrected chi connectivity index (χ4v) is 4.69. The molecule has 0 aliphatic rings. The van der Waals surface area contributed by atoms with E-state index in [2.05, 4.69) is 94.9 Å². The molecule has 36 heavy (non-hydrogen) atoms. The van der Waals surface area contributed by atoms with Crippen molar-refractivity contribution in [3.8, 4) is 33.9 Å². The van der Waals surface area contributed by atoms with Gasteiger partial charge in [-0.3, -0.25) is 0 Å². The van der Waals surface area contributed by atoms with Crippen LogP contribution in [0.1, 0.15) is 0 Å². The van der Waals surface area contributed by atoms with E-state index in [1.807, 2.05) is 24.3 Å². The van der Waals surface area contributed by atoms with Crippen LogP contribution in [0.4, 0.5) is 0 Å². The van der Waals surface area contributed by atoms with Crippen molar-refractivity contribution in [2.45, 2.75) is 0 Å². The maximum Gasteiger partial charge on any atom is 0.159 e. The molecular formula is C32H20N4. The maximum atomic E-state index is 5.10. The zero-order chi connectivity index (χ0) is 23.9. The second-order valence-corrected chi connectivity index (χ2v) is 8.82. The van der Waals surface area contributed by atoms with Crippen LogP contribution in [0.3, 0.4) is 0 Å². The van der Waals surface area contributed by atoms with Gasteiger partial charge in [-0.15, -0.1) is 0 Å². The van der Waals surface area contributed by atoms with Gasteiger partial charge in [0, 0.05) is 39.9 Å². The third-order valence-corrected chi connectivity index (χ3v) is 6.55. The van der Waals surface area contributed by atoms with Crippen LogP contribution in [-0.4, -0.2) is 19.9 Å². The summed E-state index contributed by atoms with van der Waals surface area (Å²) in [7, 11) is 0. The van der Waals surface area contributed by atoms with Crippen molar-refractivity contribution in [3.63, 3.8) is 0 Å². The van der Waals surface area contributed by atoms with Gasteiger partial charge >= 0.3 is 0 Å². The summed E-state index contributed by atoms with van der Waals surface area (Å²) < 4.78 is 0. The molecule has 0 atom stereocenters. The SMILES string of the molecule is c1ccc(-c2ccc3ccc4ccc(-c5ccc6cc(-c7ncccn7)ccc6c5)nc4c3n2)cc1.